The number of hydrogen-bond acceptors (Lipinski definition) is 4. The van der Waals surface area contributed by atoms with Gasteiger partial charge < -0.3 is 0 Å². The lowest BCUT2D eigenvalue weighted by Crippen LogP contribution is -2.43. The Kier molecular flexibility index (Phi) is 4.92. The van der Waals surface area contributed by atoms with Crippen molar-refractivity contribution >= 4 is 30.6 Å². The SMILES string of the molecule is CC(C)CN([C@H]1CCS(=O)(=O)C1)S(=O)(=O)c1ccc2ccccc2c1. The van der Waals surface area contributed by atoms with Gasteiger partial charge in [-0.05, 0) is 35.2 Å². The van der Waals surface area contributed by atoms with Gasteiger partial charge >= 0.3 is 0 Å². The predicted octanol–water partition coefficient (Wildman–Crippen LogP) is 2.67. The molecule has 0 bridgehead atoms. The molecule has 1 heterocycles. The highest BCUT2D eigenvalue weighted by molar-refractivity contribution is 7.92. The Hall–Kier alpha value is -1.44. The van der Waals surface area contributed by atoms with Crippen LogP contribution in [-0.4, -0.2) is 45.2 Å². The maximum absolute atomic E-state index is 13.2. The Labute approximate surface area is 149 Å². The highest BCUT2D eigenvalue weighted by Gasteiger charge is 2.39. The molecule has 0 unspecified atom stereocenters. The normalized spacial score (nSPS) is 20.6. The van der Waals surface area contributed by atoms with Crippen LogP contribution in [0.2, 0.25) is 0 Å². The van der Waals surface area contributed by atoms with Crippen LogP contribution in [0.25, 0.3) is 10.8 Å². The third-order valence-corrected chi connectivity index (χ3v) is 8.15. The second kappa shape index (κ2) is 6.70. The van der Waals surface area contributed by atoms with Gasteiger partial charge in [0.1, 0.15) is 0 Å². The first-order chi connectivity index (χ1) is 11.7. The van der Waals surface area contributed by atoms with Gasteiger partial charge in [-0.15, -0.1) is 0 Å². The number of sulfonamides is 1. The molecule has 1 atom stereocenters. The van der Waals surface area contributed by atoms with Gasteiger partial charge in [0.2, 0.25) is 10.0 Å². The van der Waals surface area contributed by atoms with Crippen molar-refractivity contribution in [2.24, 2.45) is 5.92 Å². The van der Waals surface area contributed by atoms with Crippen molar-refractivity contribution in [3.8, 4) is 0 Å². The molecule has 5 nitrogen and oxygen atoms in total. The predicted molar refractivity (Wildman–Crippen MR) is 99.7 cm³/mol. The quantitative estimate of drug-likeness (QED) is 0.798. The molecule has 0 N–H and O–H groups in total. The van der Waals surface area contributed by atoms with Crippen LogP contribution in [-0.2, 0) is 19.9 Å². The minimum atomic E-state index is -3.75. The number of hydrogen-bond donors (Lipinski definition) is 0. The van der Waals surface area contributed by atoms with E-state index in [9.17, 15) is 16.8 Å². The third-order valence-electron chi connectivity index (χ3n) is 4.49. The zero-order valence-electron chi connectivity index (χ0n) is 14.4. The smallest absolute Gasteiger partial charge is 0.229 e. The van der Waals surface area contributed by atoms with E-state index in [2.05, 4.69) is 0 Å². The van der Waals surface area contributed by atoms with Crippen LogP contribution in [0.3, 0.4) is 0 Å². The number of sulfone groups is 1. The minimum absolute atomic E-state index is 0.0551. The molecule has 2 aromatic carbocycles. The molecule has 1 saturated heterocycles. The van der Waals surface area contributed by atoms with E-state index in [4.69, 9.17) is 0 Å². The van der Waals surface area contributed by atoms with E-state index in [1.165, 1.54) is 4.31 Å². The fourth-order valence-electron chi connectivity index (χ4n) is 3.27. The van der Waals surface area contributed by atoms with Crippen LogP contribution >= 0.6 is 0 Å². The Bertz CT molecular complexity index is 981. The molecule has 3 rings (SSSR count). The Morgan fingerprint density at radius 3 is 2.40 bits per heavy atom. The molecule has 0 aromatic heterocycles. The molecule has 136 valence electrons. The monoisotopic (exact) mass is 381 g/mol. The maximum atomic E-state index is 13.2. The Balaban J connectivity index is 2.02. The average Bonchev–Trinajstić information content (AvgIpc) is 2.91. The van der Waals surface area contributed by atoms with Crippen molar-refractivity contribution in [2.75, 3.05) is 18.1 Å². The lowest BCUT2D eigenvalue weighted by atomic mass is 10.1. The van der Waals surface area contributed by atoms with Gasteiger partial charge in [-0.2, -0.15) is 4.31 Å². The molecule has 1 aliphatic heterocycles. The average molecular weight is 382 g/mol. The summed E-state index contributed by atoms with van der Waals surface area (Å²) in [7, 11) is -6.91. The van der Waals surface area contributed by atoms with E-state index >= 15 is 0 Å². The molecule has 0 spiro atoms. The van der Waals surface area contributed by atoms with Crippen LogP contribution < -0.4 is 0 Å². The molecule has 0 saturated carbocycles. The molecule has 0 amide bonds. The Morgan fingerprint density at radius 1 is 1.12 bits per heavy atom. The lowest BCUT2D eigenvalue weighted by Gasteiger charge is -2.29. The van der Waals surface area contributed by atoms with E-state index in [0.29, 0.717) is 13.0 Å². The molecule has 0 radical (unpaired) electrons. The second-order valence-corrected chi connectivity index (χ2v) is 11.2. The van der Waals surface area contributed by atoms with E-state index in [0.717, 1.165) is 10.8 Å². The van der Waals surface area contributed by atoms with Crippen molar-refractivity contribution in [1.82, 2.24) is 4.31 Å². The van der Waals surface area contributed by atoms with E-state index in [-0.39, 0.29) is 22.3 Å². The first-order valence-electron chi connectivity index (χ1n) is 8.40. The molecule has 25 heavy (non-hydrogen) atoms. The van der Waals surface area contributed by atoms with Gasteiger partial charge in [0, 0.05) is 12.6 Å². The number of rotatable bonds is 5. The largest absolute Gasteiger partial charge is 0.243 e. The molecular weight excluding hydrogens is 358 g/mol. The maximum Gasteiger partial charge on any atom is 0.243 e. The summed E-state index contributed by atoms with van der Waals surface area (Å²) < 4.78 is 51.6. The highest BCUT2D eigenvalue weighted by Crippen LogP contribution is 2.28. The van der Waals surface area contributed by atoms with Gasteiger partial charge in [0.25, 0.3) is 0 Å². The summed E-state index contributed by atoms with van der Waals surface area (Å²) in [4.78, 5) is 0.219. The van der Waals surface area contributed by atoms with Gasteiger partial charge in [-0.1, -0.05) is 44.2 Å². The molecule has 1 aliphatic rings. The topological polar surface area (TPSA) is 71.5 Å². The zero-order chi connectivity index (χ0) is 18.2. The van der Waals surface area contributed by atoms with Gasteiger partial charge in [-0.25, -0.2) is 16.8 Å². The van der Waals surface area contributed by atoms with Gasteiger partial charge in [0.05, 0.1) is 16.4 Å². The molecule has 1 fully saturated rings. The standard InChI is InChI=1S/C18H23NO4S2/c1-14(2)12-19(17-9-10-24(20,21)13-17)25(22,23)18-8-7-15-5-3-4-6-16(15)11-18/h3-8,11,14,17H,9-10,12-13H2,1-2H3/t17-/m0/s1. The van der Waals surface area contributed by atoms with E-state index in [1.54, 1.807) is 18.2 Å². The number of nitrogens with zero attached hydrogens (tertiary/aromatic N) is 1. The summed E-state index contributed by atoms with van der Waals surface area (Å²) in [6.07, 6.45) is 0.363. The summed E-state index contributed by atoms with van der Waals surface area (Å²) in [5, 5.41) is 1.83. The summed E-state index contributed by atoms with van der Waals surface area (Å²) >= 11 is 0. The molecule has 2 aromatic rings. The van der Waals surface area contributed by atoms with Gasteiger partial charge in [-0.3, -0.25) is 0 Å². The van der Waals surface area contributed by atoms with Crippen molar-refractivity contribution < 1.29 is 16.8 Å². The van der Waals surface area contributed by atoms with Crippen LogP contribution in [0.15, 0.2) is 47.4 Å². The summed E-state index contributed by atoms with van der Waals surface area (Å²) in [6, 6.07) is 12.2. The van der Waals surface area contributed by atoms with Crippen molar-refractivity contribution in [3.63, 3.8) is 0 Å². The Morgan fingerprint density at radius 2 is 1.80 bits per heavy atom. The van der Waals surface area contributed by atoms with E-state index < -0.39 is 25.9 Å². The second-order valence-electron chi connectivity index (χ2n) is 7.03. The lowest BCUT2D eigenvalue weighted by molar-refractivity contribution is 0.308. The van der Waals surface area contributed by atoms with Crippen molar-refractivity contribution in [3.05, 3.63) is 42.5 Å². The third kappa shape index (κ3) is 3.88. The molecule has 0 aliphatic carbocycles. The van der Waals surface area contributed by atoms with Crippen LogP contribution in [0.4, 0.5) is 0 Å². The van der Waals surface area contributed by atoms with Crippen molar-refractivity contribution in [2.45, 2.75) is 31.2 Å². The first-order valence-corrected chi connectivity index (χ1v) is 11.7. The van der Waals surface area contributed by atoms with Crippen molar-refractivity contribution in [1.29, 1.82) is 0 Å². The minimum Gasteiger partial charge on any atom is -0.229 e. The summed E-state index contributed by atoms with van der Waals surface area (Å²) in [5.41, 5.74) is 0. The highest BCUT2D eigenvalue weighted by atomic mass is 32.2. The fraction of sp³-hybridized carbons (Fsp3) is 0.444. The number of fused-ring (bicyclic) bond motifs is 1. The van der Waals surface area contributed by atoms with E-state index in [1.807, 2.05) is 38.1 Å². The van der Waals surface area contributed by atoms with Crippen LogP contribution in [0, 0.1) is 5.92 Å². The summed E-state index contributed by atoms with van der Waals surface area (Å²) in [6.45, 7) is 4.19. The fourth-order valence-corrected chi connectivity index (χ4v) is 6.95. The summed E-state index contributed by atoms with van der Waals surface area (Å²) in [5.74, 6) is 0.0741. The zero-order valence-corrected chi connectivity index (χ0v) is 16.1. The first kappa shape index (κ1) is 18.4. The van der Waals surface area contributed by atoms with Gasteiger partial charge in [0.15, 0.2) is 9.84 Å². The number of benzene rings is 2. The molecular formula is C18H23NO4S2. The van der Waals surface area contributed by atoms with Crippen LogP contribution in [0.1, 0.15) is 20.3 Å². The molecule has 7 heteroatoms. The van der Waals surface area contributed by atoms with Crippen LogP contribution in [0.5, 0.6) is 0 Å².